The van der Waals surface area contributed by atoms with Crippen molar-refractivity contribution in [2.75, 3.05) is 14.1 Å². The molecular weight excluding hydrogens is 377 g/mol. The zero-order chi connectivity index (χ0) is 18.7. The minimum Gasteiger partial charge on any atom is -0.411 e. The molecule has 1 aromatic heterocycles. The lowest BCUT2D eigenvalue weighted by Gasteiger charge is -2.11. The van der Waals surface area contributed by atoms with Crippen LogP contribution in [-0.4, -0.2) is 37.0 Å². The van der Waals surface area contributed by atoms with Crippen molar-refractivity contribution in [1.82, 2.24) is 14.5 Å². The smallest absolute Gasteiger partial charge is 0.277 e. The molecule has 3 aromatic rings. The first-order valence-corrected chi connectivity index (χ1v) is 10.0. The first kappa shape index (κ1) is 18.6. The second-order valence-electron chi connectivity index (χ2n) is 5.60. The van der Waals surface area contributed by atoms with Crippen LogP contribution in [0, 0.1) is 5.82 Å². The van der Waals surface area contributed by atoms with E-state index in [9.17, 15) is 12.8 Å². The molecule has 0 saturated heterocycles. The molecule has 0 saturated carbocycles. The number of hydrogen-bond donors (Lipinski definition) is 0. The molecule has 26 heavy (non-hydrogen) atoms. The number of hydrogen-bond acceptors (Lipinski definition) is 6. The fourth-order valence-corrected chi connectivity index (χ4v) is 3.81. The van der Waals surface area contributed by atoms with Crippen molar-refractivity contribution >= 4 is 21.8 Å². The molecule has 6 nitrogen and oxygen atoms in total. The number of aromatic nitrogens is 2. The Morgan fingerprint density at radius 3 is 2.54 bits per heavy atom. The Morgan fingerprint density at radius 2 is 1.85 bits per heavy atom. The molecule has 0 bridgehead atoms. The molecule has 1 heterocycles. The van der Waals surface area contributed by atoms with Gasteiger partial charge in [0.05, 0.1) is 4.90 Å². The van der Waals surface area contributed by atoms with Crippen LogP contribution in [-0.2, 0) is 15.8 Å². The van der Waals surface area contributed by atoms with Crippen molar-refractivity contribution in [3.05, 3.63) is 59.9 Å². The topological polar surface area (TPSA) is 76.3 Å². The van der Waals surface area contributed by atoms with Crippen molar-refractivity contribution < 1.29 is 17.2 Å². The molecule has 136 valence electrons. The van der Waals surface area contributed by atoms with Crippen LogP contribution in [0.2, 0.25) is 0 Å². The molecule has 0 aliphatic heterocycles. The minimum absolute atomic E-state index is 0.234. The molecule has 0 atom stereocenters. The second kappa shape index (κ2) is 7.56. The van der Waals surface area contributed by atoms with E-state index >= 15 is 0 Å². The van der Waals surface area contributed by atoms with E-state index in [1.807, 2.05) is 6.07 Å². The maximum Gasteiger partial charge on any atom is 0.277 e. The summed E-state index contributed by atoms with van der Waals surface area (Å²) >= 11 is 1.30. The quantitative estimate of drug-likeness (QED) is 0.597. The number of sulfonamides is 1. The summed E-state index contributed by atoms with van der Waals surface area (Å²) in [5.41, 5.74) is 1.45. The summed E-state index contributed by atoms with van der Waals surface area (Å²) in [5.74, 6) is 0.439. The Labute approximate surface area is 155 Å². The molecule has 0 radical (unpaired) electrons. The summed E-state index contributed by atoms with van der Waals surface area (Å²) in [6.07, 6.45) is 0. The van der Waals surface area contributed by atoms with E-state index in [1.54, 1.807) is 30.3 Å². The van der Waals surface area contributed by atoms with Crippen LogP contribution in [0.1, 0.15) is 5.56 Å². The monoisotopic (exact) mass is 393 g/mol. The van der Waals surface area contributed by atoms with E-state index in [1.165, 1.54) is 42.3 Å². The third-order valence-electron chi connectivity index (χ3n) is 3.54. The highest BCUT2D eigenvalue weighted by atomic mass is 32.2. The van der Waals surface area contributed by atoms with Crippen molar-refractivity contribution in [3.63, 3.8) is 0 Å². The van der Waals surface area contributed by atoms with E-state index in [-0.39, 0.29) is 10.7 Å². The summed E-state index contributed by atoms with van der Waals surface area (Å²) < 4.78 is 44.1. The Morgan fingerprint density at radius 1 is 1.12 bits per heavy atom. The van der Waals surface area contributed by atoms with Crippen molar-refractivity contribution in [2.45, 2.75) is 15.9 Å². The molecule has 2 aromatic carbocycles. The average Bonchev–Trinajstić information content (AvgIpc) is 3.10. The van der Waals surface area contributed by atoms with Crippen LogP contribution >= 0.6 is 11.8 Å². The first-order valence-electron chi connectivity index (χ1n) is 7.60. The summed E-state index contributed by atoms with van der Waals surface area (Å²) in [6.45, 7) is 0. The Hall–Kier alpha value is -2.23. The normalized spacial score (nSPS) is 11.8. The average molecular weight is 393 g/mol. The van der Waals surface area contributed by atoms with Gasteiger partial charge in [-0.2, -0.15) is 0 Å². The standard InChI is InChI=1S/C17H16FN3O3S2/c1-21(2)26(22,23)15-5-3-4-12(10-15)11-25-17-20-19-16(24-17)13-6-8-14(18)9-7-13/h3-10H,11H2,1-2H3. The van der Waals surface area contributed by atoms with Crippen LogP contribution in [0.15, 0.2) is 63.1 Å². The second-order valence-corrected chi connectivity index (χ2v) is 8.68. The van der Waals surface area contributed by atoms with Crippen molar-refractivity contribution in [2.24, 2.45) is 0 Å². The lowest BCUT2D eigenvalue weighted by atomic mass is 10.2. The molecule has 0 unspecified atom stereocenters. The van der Waals surface area contributed by atoms with Crippen LogP contribution in [0.4, 0.5) is 4.39 Å². The Kier molecular flexibility index (Phi) is 5.40. The highest BCUT2D eigenvalue weighted by Crippen LogP contribution is 2.26. The fourth-order valence-electron chi connectivity index (χ4n) is 2.13. The van der Waals surface area contributed by atoms with Gasteiger partial charge in [0, 0.05) is 25.4 Å². The van der Waals surface area contributed by atoms with E-state index in [0.29, 0.717) is 22.4 Å². The molecule has 3 rings (SSSR count). The van der Waals surface area contributed by atoms with Gasteiger partial charge < -0.3 is 4.42 Å². The van der Waals surface area contributed by atoms with Crippen LogP contribution in [0.3, 0.4) is 0 Å². The maximum absolute atomic E-state index is 13.0. The molecule has 0 aliphatic rings. The molecule has 0 fully saturated rings. The van der Waals surface area contributed by atoms with Gasteiger partial charge in [0.25, 0.3) is 5.22 Å². The van der Waals surface area contributed by atoms with Gasteiger partial charge in [-0.25, -0.2) is 17.1 Å². The van der Waals surface area contributed by atoms with Crippen molar-refractivity contribution in [1.29, 1.82) is 0 Å². The summed E-state index contributed by atoms with van der Waals surface area (Å²) in [7, 11) is -0.491. The van der Waals surface area contributed by atoms with Gasteiger partial charge in [0.1, 0.15) is 5.82 Å². The third-order valence-corrected chi connectivity index (χ3v) is 6.24. The molecule has 9 heteroatoms. The van der Waals surface area contributed by atoms with Crippen LogP contribution in [0.25, 0.3) is 11.5 Å². The predicted octanol–water partition coefficient (Wildman–Crippen LogP) is 3.42. The number of thioether (sulfide) groups is 1. The van der Waals surface area contributed by atoms with Crippen LogP contribution < -0.4 is 0 Å². The summed E-state index contributed by atoms with van der Waals surface area (Å²) in [5, 5.41) is 8.25. The highest BCUT2D eigenvalue weighted by molar-refractivity contribution is 7.98. The van der Waals surface area contributed by atoms with Gasteiger partial charge >= 0.3 is 0 Å². The zero-order valence-electron chi connectivity index (χ0n) is 14.1. The van der Waals surface area contributed by atoms with Crippen LogP contribution in [0.5, 0.6) is 0 Å². The number of rotatable bonds is 6. The molecular formula is C17H16FN3O3S2. The third kappa shape index (κ3) is 4.12. The largest absolute Gasteiger partial charge is 0.411 e. The number of benzene rings is 2. The van der Waals surface area contributed by atoms with Gasteiger partial charge in [-0.1, -0.05) is 23.9 Å². The predicted molar refractivity (Wildman–Crippen MR) is 96.6 cm³/mol. The van der Waals surface area contributed by atoms with E-state index in [4.69, 9.17) is 4.42 Å². The molecule has 0 aliphatic carbocycles. The van der Waals surface area contributed by atoms with Gasteiger partial charge in [-0.3, -0.25) is 0 Å². The zero-order valence-corrected chi connectivity index (χ0v) is 15.7. The molecule has 0 amide bonds. The van der Waals surface area contributed by atoms with Gasteiger partial charge in [-0.15, -0.1) is 10.2 Å². The SMILES string of the molecule is CN(C)S(=O)(=O)c1cccc(CSc2nnc(-c3ccc(F)cc3)o2)c1. The van der Waals surface area contributed by atoms with Gasteiger partial charge in [0.15, 0.2) is 0 Å². The number of nitrogens with zero attached hydrogens (tertiary/aromatic N) is 3. The maximum atomic E-state index is 13.0. The summed E-state index contributed by atoms with van der Waals surface area (Å²) in [6, 6.07) is 12.5. The molecule has 0 spiro atoms. The fraction of sp³-hybridized carbons (Fsp3) is 0.176. The lowest BCUT2D eigenvalue weighted by molar-refractivity contribution is 0.465. The van der Waals surface area contributed by atoms with Gasteiger partial charge in [-0.05, 0) is 42.0 Å². The molecule has 0 N–H and O–H groups in total. The summed E-state index contributed by atoms with van der Waals surface area (Å²) in [4.78, 5) is 0.234. The van der Waals surface area contributed by atoms with E-state index < -0.39 is 10.0 Å². The van der Waals surface area contributed by atoms with Crippen molar-refractivity contribution in [3.8, 4) is 11.5 Å². The minimum atomic E-state index is -3.48. The highest BCUT2D eigenvalue weighted by Gasteiger charge is 2.17. The van der Waals surface area contributed by atoms with E-state index in [0.717, 1.165) is 5.56 Å². The lowest BCUT2D eigenvalue weighted by Crippen LogP contribution is -2.22. The first-order chi connectivity index (χ1) is 12.4. The Bertz CT molecular complexity index is 1000. The van der Waals surface area contributed by atoms with Gasteiger partial charge in [0.2, 0.25) is 15.9 Å². The Balaban J connectivity index is 1.71. The van der Waals surface area contributed by atoms with E-state index in [2.05, 4.69) is 10.2 Å². The number of halogens is 1.